The van der Waals surface area contributed by atoms with E-state index in [0.717, 1.165) is 31.2 Å². The van der Waals surface area contributed by atoms with E-state index in [4.69, 9.17) is 0 Å². The van der Waals surface area contributed by atoms with Gasteiger partial charge in [0.1, 0.15) is 0 Å². The fourth-order valence-corrected chi connectivity index (χ4v) is 11.8. The lowest BCUT2D eigenvalue weighted by Gasteiger charge is -2.59. The summed E-state index contributed by atoms with van der Waals surface area (Å²) in [5, 5.41) is 3.69. The maximum atomic E-state index is 14.4. The van der Waals surface area contributed by atoms with Gasteiger partial charge in [-0.1, -0.05) is 98.1 Å². The van der Waals surface area contributed by atoms with Gasteiger partial charge in [0.2, 0.25) is 5.91 Å². The van der Waals surface area contributed by atoms with Gasteiger partial charge in [-0.05, 0) is 133 Å². The third-order valence-electron chi connectivity index (χ3n) is 14.4. The number of fused-ring (bicyclic) bond motifs is 6. The van der Waals surface area contributed by atoms with Gasteiger partial charge < -0.3 is 5.32 Å². The van der Waals surface area contributed by atoms with E-state index in [2.05, 4.69) is 85.0 Å². The second-order valence-corrected chi connectivity index (χ2v) is 17.5. The number of benzene rings is 1. The third-order valence-corrected chi connectivity index (χ3v) is 14.4. The largest absolute Gasteiger partial charge is 0.355 e. The molecular weight excluding hydrogens is 510 g/mol. The molecule has 2 nitrogen and oxygen atoms in total. The molecule has 1 amide bonds. The molecule has 8 atom stereocenters. The average molecular weight is 572 g/mol. The molecule has 0 aromatic heterocycles. The van der Waals surface area contributed by atoms with Crippen molar-refractivity contribution in [2.45, 2.75) is 144 Å². The van der Waals surface area contributed by atoms with Crippen LogP contribution in [0.4, 0.5) is 0 Å². The van der Waals surface area contributed by atoms with Crippen LogP contribution in [0.1, 0.15) is 149 Å². The number of allylic oxidation sites excluding steroid dienone is 2. The first-order chi connectivity index (χ1) is 19.8. The van der Waals surface area contributed by atoms with Crippen molar-refractivity contribution in [3.8, 4) is 0 Å². The highest BCUT2D eigenvalue weighted by Crippen LogP contribution is 2.63. The van der Waals surface area contributed by atoms with E-state index >= 15 is 0 Å². The van der Waals surface area contributed by atoms with Crippen LogP contribution in [0.25, 0.3) is 0 Å². The van der Waals surface area contributed by atoms with Gasteiger partial charge in [0, 0.05) is 6.54 Å². The van der Waals surface area contributed by atoms with Crippen LogP contribution in [0.2, 0.25) is 0 Å². The minimum atomic E-state index is -0.259. The molecule has 5 aliphatic carbocycles. The lowest BCUT2D eigenvalue weighted by atomic mass is 9.46. The Morgan fingerprint density at radius 3 is 2.43 bits per heavy atom. The van der Waals surface area contributed by atoms with Gasteiger partial charge in [-0.15, -0.1) is 0 Å². The Balaban J connectivity index is 1.20. The molecule has 1 N–H and O–H groups in total. The number of carbonyl (C=O) groups excluding carboxylic acids is 1. The van der Waals surface area contributed by atoms with Crippen LogP contribution in [-0.2, 0) is 16.6 Å². The summed E-state index contributed by atoms with van der Waals surface area (Å²) >= 11 is 0. The number of aryl methyl sites for hydroxylation is 1. The van der Waals surface area contributed by atoms with Crippen LogP contribution in [0, 0.1) is 45.8 Å². The number of hydrogen-bond acceptors (Lipinski definition) is 1. The Morgan fingerprint density at radius 1 is 0.929 bits per heavy atom. The van der Waals surface area contributed by atoms with Gasteiger partial charge in [-0.2, -0.15) is 0 Å². The van der Waals surface area contributed by atoms with Crippen molar-refractivity contribution >= 4 is 5.91 Å². The zero-order chi connectivity index (χ0) is 30.1. The molecule has 3 fully saturated rings. The Bertz CT molecular complexity index is 1230. The zero-order valence-electron chi connectivity index (χ0n) is 28.4. The lowest BCUT2D eigenvalue weighted by Crippen LogP contribution is -2.58. The molecule has 1 aromatic carbocycles. The molecule has 5 aliphatic rings. The van der Waals surface area contributed by atoms with Crippen LogP contribution < -0.4 is 5.32 Å². The van der Waals surface area contributed by atoms with Crippen molar-refractivity contribution < 1.29 is 4.79 Å². The molecule has 42 heavy (non-hydrogen) atoms. The molecule has 1 aromatic rings. The topological polar surface area (TPSA) is 29.1 Å². The highest BCUT2D eigenvalue weighted by Gasteiger charge is 2.58. The van der Waals surface area contributed by atoms with E-state index in [1.165, 1.54) is 69.8 Å². The number of amides is 1. The van der Waals surface area contributed by atoms with E-state index in [9.17, 15) is 4.79 Å². The first-order valence-corrected chi connectivity index (χ1v) is 17.9. The van der Waals surface area contributed by atoms with E-state index in [1.54, 1.807) is 16.7 Å². The Hall–Kier alpha value is -1.57. The standard InChI is InChI=1S/C40H61NO/c1-26(2)28-11-15-32-30(23-28)13-17-34-37(5,19-9-20-38(32,34)6)25-41-36(42)40(8)22-10-21-39(7)33-16-12-29(27(3)4)24-31(33)14-18-35(39)40/h11,14-15,23,26-27,29,33-35H,9-10,12-13,16-22,24-25H2,1-8H3,(H,41,42)/t29?,33-,34-,35?,37+,38+,39+,40+/m0/s1. The molecular formula is C40H61NO. The van der Waals surface area contributed by atoms with Gasteiger partial charge in [-0.3, -0.25) is 4.79 Å². The number of carbonyl (C=O) groups is 1. The Labute approximate surface area is 258 Å². The monoisotopic (exact) mass is 571 g/mol. The molecule has 2 unspecified atom stereocenters. The smallest absolute Gasteiger partial charge is 0.226 e. The SMILES string of the molecule is CC(C)c1ccc2c(c1)CC[C@H]1[C@@](C)(CNC(=O)[C@]3(C)CCC[C@@]4(C)C3CC=C3CC(C(C)C)CC[C@@H]34)CCC[C@]21C. The normalized spacial score (nSPS) is 41.3. The maximum Gasteiger partial charge on any atom is 0.226 e. The molecule has 0 aliphatic heterocycles. The summed E-state index contributed by atoms with van der Waals surface area (Å²) in [5.41, 5.74) is 6.80. The summed E-state index contributed by atoms with van der Waals surface area (Å²) in [7, 11) is 0. The van der Waals surface area contributed by atoms with Gasteiger partial charge in [0.15, 0.2) is 0 Å². The lowest BCUT2D eigenvalue weighted by molar-refractivity contribution is -0.146. The molecule has 0 radical (unpaired) electrons. The quantitative estimate of drug-likeness (QED) is 0.350. The number of nitrogens with one attached hydrogen (secondary N) is 1. The number of rotatable bonds is 5. The highest BCUT2D eigenvalue weighted by molar-refractivity contribution is 5.83. The predicted molar refractivity (Wildman–Crippen MR) is 177 cm³/mol. The molecule has 3 saturated carbocycles. The van der Waals surface area contributed by atoms with Crippen LogP contribution in [0.3, 0.4) is 0 Å². The van der Waals surface area contributed by atoms with E-state index in [-0.39, 0.29) is 21.7 Å². The fourth-order valence-electron chi connectivity index (χ4n) is 11.8. The summed E-state index contributed by atoms with van der Waals surface area (Å²) in [6, 6.07) is 7.38. The molecule has 0 bridgehead atoms. The Morgan fingerprint density at radius 2 is 1.69 bits per heavy atom. The van der Waals surface area contributed by atoms with Crippen molar-refractivity contribution in [1.82, 2.24) is 5.32 Å². The summed E-state index contributed by atoms with van der Waals surface area (Å²) in [4.78, 5) is 14.4. The Kier molecular flexibility index (Phi) is 7.83. The van der Waals surface area contributed by atoms with E-state index in [1.807, 2.05) is 0 Å². The van der Waals surface area contributed by atoms with Crippen molar-refractivity contribution in [1.29, 1.82) is 0 Å². The van der Waals surface area contributed by atoms with Gasteiger partial charge in [-0.25, -0.2) is 0 Å². The summed E-state index contributed by atoms with van der Waals surface area (Å²) in [6.07, 6.45) is 17.5. The van der Waals surface area contributed by atoms with E-state index < -0.39 is 0 Å². The van der Waals surface area contributed by atoms with E-state index in [0.29, 0.717) is 29.6 Å². The molecule has 0 spiro atoms. The van der Waals surface area contributed by atoms with Crippen LogP contribution in [0.15, 0.2) is 29.8 Å². The van der Waals surface area contributed by atoms with Gasteiger partial charge in [0.25, 0.3) is 0 Å². The van der Waals surface area contributed by atoms with Crippen molar-refractivity contribution in [3.63, 3.8) is 0 Å². The summed E-state index contributed by atoms with van der Waals surface area (Å²) in [6.45, 7) is 20.3. The summed E-state index contributed by atoms with van der Waals surface area (Å²) in [5.74, 6) is 4.33. The van der Waals surface area contributed by atoms with Crippen molar-refractivity contribution in [3.05, 3.63) is 46.5 Å². The van der Waals surface area contributed by atoms with Gasteiger partial charge in [0.05, 0.1) is 5.41 Å². The molecule has 0 heterocycles. The fraction of sp³-hybridized carbons (Fsp3) is 0.775. The first kappa shape index (κ1) is 30.5. The predicted octanol–water partition coefficient (Wildman–Crippen LogP) is 10.2. The maximum absolute atomic E-state index is 14.4. The van der Waals surface area contributed by atoms with Gasteiger partial charge >= 0.3 is 0 Å². The van der Waals surface area contributed by atoms with Crippen LogP contribution in [-0.4, -0.2) is 12.5 Å². The van der Waals surface area contributed by atoms with Crippen molar-refractivity contribution in [2.75, 3.05) is 6.54 Å². The first-order valence-electron chi connectivity index (χ1n) is 17.9. The highest BCUT2D eigenvalue weighted by atomic mass is 16.2. The second-order valence-electron chi connectivity index (χ2n) is 17.5. The molecule has 6 rings (SSSR count). The molecule has 232 valence electrons. The van der Waals surface area contributed by atoms with Crippen molar-refractivity contribution in [2.24, 2.45) is 45.8 Å². The molecule has 2 heteroatoms. The zero-order valence-corrected chi connectivity index (χ0v) is 28.4. The van der Waals surface area contributed by atoms with Crippen LogP contribution in [0.5, 0.6) is 0 Å². The molecule has 0 saturated heterocycles. The average Bonchev–Trinajstić information content (AvgIpc) is 2.95. The minimum absolute atomic E-state index is 0.153. The van der Waals surface area contributed by atoms with Crippen LogP contribution >= 0.6 is 0 Å². The second kappa shape index (κ2) is 10.8. The third kappa shape index (κ3) is 4.75. The number of hydrogen-bond donors (Lipinski definition) is 1. The summed E-state index contributed by atoms with van der Waals surface area (Å²) < 4.78 is 0. The minimum Gasteiger partial charge on any atom is -0.355 e.